The number of hydrogen-bond donors (Lipinski definition) is 2. The predicted octanol–water partition coefficient (Wildman–Crippen LogP) is 11.3. The Labute approximate surface area is 249 Å². The van der Waals surface area contributed by atoms with Crippen LogP contribution in [0.4, 0.5) is 0 Å². The lowest BCUT2D eigenvalue weighted by molar-refractivity contribution is 0.125. The minimum absolute atomic E-state index is 0.0586. The third kappa shape index (κ3) is 4.69. The van der Waals surface area contributed by atoms with E-state index in [1.54, 1.807) is 0 Å². The number of phenols is 2. The van der Waals surface area contributed by atoms with Crippen molar-refractivity contribution in [3.63, 3.8) is 0 Å². The molecule has 1 aliphatic rings. The van der Waals surface area contributed by atoms with Crippen LogP contribution in [-0.2, 0) is 5.41 Å². The van der Waals surface area contributed by atoms with Gasteiger partial charge in [0.05, 0.1) is 17.9 Å². The summed E-state index contributed by atoms with van der Waals surface area (Å²) in [5, 5.41) is 21.2. The maximum Gasteiger partial charge on any atom is 0.146 e. The maximum absolute atomic E-state index is 10.6. The molecule has 10 heteroatoms. The molecule has 0 bridgehead atoms. The van der Waals surface area contributed by atoms with Gasteiger partial charge in [-0.1, -0.05) is 20.8 Å². The Kier molecular flexibility index (Phi) is 8.63. The van der Waals surface area contributed by atoms with Gasteiger partial charge in [-0.3, -0.25) is 0 Å². The first-order valence-electron chi connectivity index (χ1n) is 9.27. The fourth-order valence-electron chi connectivity index (χ4n) is 5.16. The summed E-state index contributed by atoms with van der Waals surface area (Å²) in [6.07, 6.45) is 2.87. The van der Waals surface area contributed by atoms with Gasteiger partial charge in [-0.15, -0.1) is 0 Å². The molecule has 0 radical (unpaired) electrons. The van der Waals surface area contributed by atoms with Crippen molar-refractivity contribution in [1.29, 1.82) is 0 Å². The smallest absolute Gasteiger partial charge is 0.146 e. The van der Waals surface area contributed by atoms with Crippen molar-refractivity contribution >= 4 is 127 Å². The summed E-state index contributed by atoms with van der Waals surface area (Å²) in [5.41, 5.74) is 1.68. The van der Waals surface area contributed by atoms with Crippen molar-refractivity contribution in [2.24, 2.45) is 11.3 Å². The second-order valence-corrected chi connectivity index (χ2v) is 15.2. The predicted molar refractivity (Wildman–Crippen MR) is 155 cm³/mol. The minimum atomic E-state index is -0.450. The highest BCUT2D eigenvalue weighted by molar-refractivity contribution is 9.14. The molecular formula is C21H18Br8O2. The zero-order valence-corrected chi connectivity index (χ0v) is 29.3. The molecule has 3 rings (SSSR count). The lowest BCUT2D eigenvalue weighted by Crippen LogP contribution is -2.42. The van der Waals surface area contributed by atoms with Crippen molar-refractivity contribution in [3.05, 3.63) is 46.9 Å². The van der Waals surface area contributed by atoms with Crippen molar-refractivity contribution in [1.82, 2.24) is 0 Å². The molecule has 170 valence electrons. The summed E-state index contributed by atoms with van der Waals surface area (Å²) in [6, 6.07) is 0. The molecule has 0 aromatic heterocycles. The van der Waals surface area contributed by atoms with Gasteiger partial charge in [-0.25, -0.2) is 0 Å². The third-order valence-corrected chi connectivity index (χ3v) is 14.2. The summed E-state index contributed by atoms with van der Waals surface area (Å²) in [6.45, 7) is 6.89. The maximum atomic E-state index is 10.6. The fraction of sp³-hybridized carbons (Fsp3) is 0.429. The molecule has 2 nitrogen and oxygen atoms in total. The Morgan fingerprint density at radius 2 is 0.935 bits per heavy atom. The third-order valence-electron chi connectivity index (χ3n) is 5.82. The molecule has 0 saturated heterocycles. The molecular weight excluding hydrogens is 923 g/mol. The average molecular weight is 942 g/mol. The van der Waals surface area contributed by atoms with E-state index in [1.807, 2.05) is 0 Å². The van der Waals surface area contributed by atoms with Gasteiger partial charge >= 0.3 is 0 Å². The fourth-order valence-corrected chi connectivity index (χ4v) is 10.9. The van der Waals surface area contributed by atoms with Crippen LogP contribution in [-0.4, -0.2) is 10.2 Å². The van der Waals surface area contributed by atoms with Crippen molar-refractivity contribution < 1.29 is 10.2 Å². The molecule has 1 atom stereocenters. The Morgan fingerprint density at radius 3 is 1.23 bits per heavy atom. The van der Waals surface area contributed by atoms with Crippen molar-refractivity contribution in [3.8, 4) is 11.5 Å². The largest absolute Gasteiger partial charge is 0.505 e. The molecule has 1 fully saturated rings. The van der Waals surface area contributed by atoms with Crippen molar-refractivity contribution in [2.45, 2.75) is 45.4 Å². The van der Waals surface area contributed by atoms with Gasteiger partial charge in [0, 0.05) is 23.3 Å². The molecule has 2 N–H and O–H groups in total. The van der Waals surface area contributed by atoms with Crippen LogP contribution in [0.25, 0.3) is 0 Å². The first-order valence-corrected chi connectivity index (χ1v) is 15.6. The Balaban J connectivity index is 2.57. The first-order chi connectivity index (χ1) is 14.2. The van der Waals surface area contributed by atoms with Gasteiger partial charge < -0.3 is 10.2 Å². The monoisotopic (exact) mass is 933 g/mol. The van der Waals surface area contributed by atoms with Gasteiger partial charge in [-0.2, -0.15) is 0 Å². The zero-order valence-electron chi connectivity index (χ0n) is 16.6. The van der Waals surface area contributed by atoms with Crippen LogP contribution < -0.4 is 0 Å². The molecule has 2 aromatic carbocycles. The topological polar surface area (TPSA) is 40.5 Å². The molecule has 1 unspecified atom stereocenters. The van der Waals surface area contributed by atoms with E-state index in [0.29, 0.717) is 23.8 Å². The highest BCUT2D eigenvalue weighted by Gasteiger charge is 2.50. The van der Waals surface area contributed by atoms with E-state index in [2.05, 4.69) is 148 Å². The van der Waals surface area contributed by atoms with Gasteiger partial charge in [0.2, 0.25) is 0 Å². The Morgan fingerprint density at radius 1 is 0.613 bits per heavy atom. The molecule has 0 spiro atoms. The number of benzene rings is 2. The lowest BCUT2D eigenvalue weighted by Gasteiger charge is -2.50. The van der Waals surface area contributed by atoms with Crippen LogP contribution in [0.15, 0.2) is 35.8 Å². The van der Waals surface area contributed by atoms with Crippen LogP contribution in [0, 0.1) is 11.3 Å². The zero-order chi connectivity index (χ0) is 23.6. The van der Waals surface area contributed by atoms with Gasteiger partial charge in [0.1, 0.15) is 11.5 Å². The highest BCUT2D eigenvalue weighted by Crippen LogP contribution is 2.63. The number of rotatable bonds is 2. The molecule has 1 aliphatic carbocycles. The minimum Gasteiger partial charge on any atom is -0.505 e. The highest BCUT2D eigenvalue weighted by atomic mass is 79.9. The Bertz CT molecular complexity index is 953. The van der Waals surface area contributed by atoms with Gasteiger partial charge in [-0.05, 0) is 169 Å². The molecule has 1 saturated carbocycles. The molecule has 0 aliphatic heterocycles. The van der Waals surface area contributed by atoms with E-state index in [4.69, 9.17) is 0 Å². The summed E-state index contributed by atoms with van der Waals surface area (Å²) < 4.78 is 5.56. The van der Waals surface area contributed by atoms with E-state index in [0.717, 1.165) is 48.3 Å². The first kappa shape index (κ1) is 27.5. The number of halogens is 8. The van der Waals surface area contributed by atoms with Crippen molar-refractivity contribution in [2.75, 3.05) is 0 Å². The molecule has 31 heavy (non-hydrogen) atoms. The molecule has 0 amide bonds. The molecule has 0 heterocycles. The Hall–Kier alpha value is 1.88. The lowest BCUT2D eigenvalue weighted by atomic mass is 9.55. The summed E-state index contributed by atoms with van der Waals surface area (Å²) in [4.78, 5) is 0. The van der Waals surface area contributed by atoms with E-state index < -0.39 is 5.41 Å². The van der Waals surface area contributed by atoms with E-state index in [-0.39, 0.29) is 16.9 Å². The summed E-state index contributed by atoms with van der Waals surface area (Å²) in [7, 11) is 0. The van der Waals surface area contributed by atoms with E-state index in [1.165, 1.54) is 0 Å². The number of phenolic OH excluding ortho intramolecular Hbond substituents is 2. The van der Waals surface area contributed by atoms with Crippen LogP contribution in [0.1, 0.15) is 51.2 Å². The second-order valence-electron chi connectivity index (χ2n) is 8.90. The summed E-state index contributed by atoms with van der Waals surface area (Å²) in [5.74, 6) is 0.706. The van der Waals surface area contributed by atoms with E-state index >= 15 is 0 Å². The van der Waals surface area contributed by atoms with E-state index in [9.17, 15) is 10.2 Å². The number of hydrogen-bond acceptors (Lipinski definition) is 2. The average Bonchev–Trinajstić information content (AvgIpc) is 2.66. The van der Waals surface area contributed by atoms with Crippen LogP contribution in [0.5, 0.6) is 11.5 Å². The van der Waals surface area contributed by atoms with Gasteiger partial charge in [0.15, 0.2) is 0 Å². The molecule has 2 aromatic rings. The van der Waals surface area contributed by atoms with Crippen LogP contribution >= 0.6 is 127 Å². The number of aromatic hydroxyl groups is 2. The summed E-state index contributed by atoms with van der Waals surface area (Å²) >= 11 is 29.4. The SMILES string of the molecule is CC1CC(C)(C)CC(c2c(Br)c(Br)c(O)c(Br)c2Br)(c2c(Br)c(Br)c(O)c(Br)c2Br)C1. The quantitative estimate of drug-likeness (QED) is 0.295. The van der Waals surface area contributed by atoms with Crippen LogP contribution in [0.3, 0.4) is 0 Å². The van der Waals surface area contributed by atoms with Gasteiger partial charge in [0.25, 0.3) is 0 Å². The normalized spacial score (nSPS) is 20.2. The second kappa shape index (κ2) is 9.74. The van der Waals surface area contributed by atoms with Crippen LogP contribution in [0.2, 0.25) is 0 Å². The standard InChI is InChI=1S/C21H18Br8O2/c1-7-4-20(2,3)6-21(5-7,8-10(22)14(26)18(30)15(27)11(8)23)9-12(24)16(28)19(31)17(29)13(9)25/h7,30-31H,4-6H2,1-3H3.